The van der Waals surface area contributed by atoms with Crippen molar-refractivity contribution >= 4 is 23.6 Å². The Bertz CT molecular complexity index is 1120. The number of hydrazone groups is 1. The molecule has 0 spiro atoms. The fourth-order valence-electron chi connectivity index (χ4n) is 3.33. The molecule has 2 aromatic carbocycles. The molecule has 4 rings (SSSR count). The monoisotopic (exact) mass is 414 g/mol. The van der Waals surface area contributed by atoms with Crippen molar-refractivity contribution in [3.05, 3.63) is 84.7 Å². The molecule has 156 valence electrons. The first kappa shape index (κ1) is 20.1. The number of amides is 1. The van der Waals surface area contributed by atoms with E-state index < -0.39 is 0 Å². The van der Waals surface area contributed by atoms with Crippen LogP contribution in [0.2, 0.25) is 0 Å². The maximum atomic E-state index is 11.6. The van der Waals surface area contributed by atoms with Crippen molar-refractivity contribution in [3.63, 3.8) is 0 Å². The van der Waals surface area contributed by atoms with Crippen molar-refractivity contribution < 1.29 is 9.53 Å². The van der Waals surface area contributed by atoms with Crippen molar-refractivity contribution in [2.75, 3.05) is 17.6 Å². The number of benzene rings is 2. The molecule has 0 aliphatic carbocycles. The van der Waals surface area contributed by atoms with Crippen LogP contribution in [0.25, 0.3) is 0 Å². The predicted molar refractivity (Wildman–Crippen MR) is 120 cm³/mol. The number of carbonyl (C=O) groups is 1. The highest BCUT2D eigenvalue weighted by molar-refractivity contribution is 5.98. The summed E-state index contributed by atoms with van der Waals surface area (Å²) >= 11 is 0. The van der Waals surface area contributed by atoms with Crippen molar-refractivity contribution in [2.45, 2.75) is 12.5 Å². The van der Waals surface area contributed by atoms with E-state index in [9.17, 15) is 4.79 Å². The second-order valence-electron chi connectivity index (χ2n) is 7.00. The first-order valence-corrected chi connectivity index (χ1v) is 9.77. The van der Waals surface area contributed by atoms with Crippen LogP contribution in [0, 0.1) is 0 Å². The van der Waals surface area contributed by atoms with Crippen LogP contribution >= 0.6 is 0 Å². The van der Waals surface area contributed by atoms with Gasteiger partial charge in [0.25, 0.3) is 0 Å². The molecule has 8 nitrogen and oxygen atoms in total. The lowest BCUT2D eigenvalue weighted by atomic mass is 10.0. The minimum Gasteiger partial charge on any atom is -0.438 e. The third kappa shape index (κ3) is 4.87. The fourth-order valence-corrected chi connectivity index (χ4v) is 3.33. The van der Waals surface area contributed by atoms with E-state index in [-0.39, 0.29) is 11.8 Å². The highest BCUT2D eigenvalue weighted by atomic mass is 16.5. The molecule has 1 atom stereocenters. The van der Waals surface area contributed by atoms with Crippen molar-refractivity contribution in [1.82, 2.24) is 15.0 Å². The van der Waals surface area contributed by atoms with E-state index in [1.807, 2.05) is 29.4 Å². The summed E-state index contributed by atoms with van der Waals surface area (Å²) in [6.07, 6.45) is 4.41. The van der Waals surface area contributed by atoms with Crippen LogP contribution < -0.4 is 15.8 Å². The van der Waals surface area contributed by atoms with E-state index >= 15 is 0 Å². The number of ether oxygens (including phenoxy) is 1. The third-order valence-electron chi connectivity index (χ3n) is 4.78. The highest BCUT2D eigenvalue weighted by Gasteiger charge is 2.26. The molecular weight excluding hydrogens is 392 g/mol. The van der Waals surface area contributed by atoms with Gasteiger partial charge in [0, 0.05) is 30.4 Å². The fraction of sp³-hybridized carbons (Fsp3) is 0.130. The van der Waals surface area contributed by atoms with E-state index in [1.165, 1.54) is 18.0 Å². The van der Waals surface area contributed by atoms with Crippen LogP contribution in [0.15, 0.2) is 78.7 Å². The second-order valence-corrected chi connectivity index (χ2v) is 7.00. The van der Waals surface area contributed by atoms with E-state index in [1.54, 1.807) is 24.3 Å². The molecule has 8 heteroatoms. The van der Waals surface area contributed by atoms with Gasteiger partial charge in [0.1, 0.15) is 17.9 Å². The smallest absolute Gasteiger partial charge is 0.247 e. The van der Waals surface area contributed by atoms with E-state index in [0.717, 1.165) is 0 Å². The largest absolute Gasteiger partial charge is 0.438 e. The minimum atomic E-state index is -0.301. The quantitative estimate of drug-likeness (QED) is 0.573. The number of nitrogens with zero attached hydrogens (tertiary/aromatic N) is 4. The van der Waals surface area contributed by atoms with Gasteiger partial charge >= 0.3 is 0 Å². The molecule has 0 radical (unpaired) electrons. The SMILES string of the molecule is C=CC(=O)Nc1cccc(Oc2ncnc(N)c2C2C=NN(Cc3ccccc3)C2)c1. The normalized spacial score (nSPS) is 15.0. The lowest BCUT2D eigenvalue weighted by molar-refractivity contribution is -0.111. The molecule has 3 N–H and O–H groups in total. The number of nitrogens with one attached hydrogen (secondary N) is 1. The van der Waals surface area contributed by atoms with Gasteiger partial charge < -0.3 is 15.8 Å². The zero-order chi connectivity index (χ0) is 21.6. The highest BCUT2D eigenvalue weighted by Crippen LogP contribution is 2.34. The molecule has 1 amide bonds. The number of carbonyl (C=O) groups excluding carboxylic acids is 1. The maximum absolute atomic E-state index is 11.6. The van der Waals surface area contributed by atoms with Gasteiger partial charge in [-0.2, -0.15) is 5.10 Å². The minimum absolute atomic E-state index is 0.108. The molecule has 0 bridgehead atoms. The summed E-state index contributed by atoms with van der Waals surface area (Å²) < 4.78 is 6.02. The molecule has 2 heterocycles. The van der Waals surface area contributed by atoms with Gasteiger partial charge in [-0.1, -0.05) is 43.0 Å². The Hall–Kier alpha value is -4.20. The van der Waals surface area contributed by atoms with Crippen LogP contribution in [-0.2, 0) is 11.3 Å². The topological polar surface area (TPSA) is 106 Å². The summed E-state index contributed by atoms with van der Waals surface area (Å²) in [5.41, 5.74) is 8.63. The molecule has 1 unspecified atom stereocenters. The molecule has 0 saturated carbocycles. The summed E-state index contributed by atoms with van der Waals surface area (Å²) in [7, 11) is 0. The first-order chi connectivity index (χ1) is 15.1. The van der Waals surface area contributed by atoms with Gasteiger partial charge in [-0.05, 0) is 23.8 Å². The zero-order valence-corrected chi connectivity index (χ0v) is 16.8. The first-order valence-electron chi connectivity index (χ1n) is 9.77. The standard InChI is InChI=1S/C23H22N6O2/c1-2-20(30)28-18-9-6-10-19(11-18)31-23-21(22(24)25-15-26-23)17-12-27-29(14-17)13-16-7-4-3-5-8-16/h2-12,15,17H,1,13-14H2,(H,28,30)(H2,24,25,26). The molecule has 0 saturated heterocycles. The Kier molecular flexibility index (Phi) is 5.89. The van der Waals surface area contributed by atoms with Gasteiger partial charge in [-0.25, -0.2) is 9.97 Å². The summed E-state index contributed by atoms with van der Waals surface area (Å²) in [5, 5.41) is 9.20. The Balaban J connectivity index is 1.52. The number of anilines is 2. The number of hydrogen-bond acceptors (Lipinski definition) is 7. The van der Waals surface area contributed by atoms with Crippen LogP contribution in [0.4, 0.5) is 11.5 Å². The molecule has 31 heavy (non-hydrogen) atoms. The van der Waals surface area contributed by atoms with E-state index in [0.29, 0.717) is 41.8 Å². The number of nitrogens with two attached hydrogens (primary N) is 1. The molecular formula is C23H22N6O2. The van der Waals surface area contributed by atoms with Crippen LogP contribution in [0.5, 0.6) is 11.6 Å². The predicted octanol–water partition coefficient (Wildman–Crippen LogP) is 3.56. The summed E-state index contributed by atoms with van der Waals surface area (Å²) in [5.74, 6) is 0.808. The zero-order valence-electron chi connectivity index (χ0n) is 16.8. The maximum Gasteiger partial charge on any atom is 0.247 e. The Labute approximate surface area is 180 Å². The van der Waals surface area contributed by atoms with Crippen LogP contribution in [0.3, 0.4) is 0 Å². The van der Waals surface area contributed by atoms with Gasteiger partial charge in [0.05, 0.1) is 12.1 Å². The van der Waals surface area contributed by atoms with Gasteiger partial charge in [0.2, 0.25) is 11.8 Å². The second kappa shape index (κ2) is 9.08. The third-order valence-corrected chi connectivity index (χ3v) is 4.78. The molecule has 1 aliphatic heterocycles. The molecule has 3 aromatic rings. The molecule has 1 aromatic heterocycles. The summed E-state index contributed by atoms with van der Waals surface area (Å²) in [4.78, 5) is 20.0. The van der Waals surface area contributed by atoms with Gasteiger partial charge in [-0.15, -0.1) is 0 Å². The summed E-state index contributed by atoms with van der Waals surface area (Å²) in [6, 6.07) is 17.1. The van der Waals surface area contributed by atoms with Crippen LogP contribution in [-0.4, -0.2) is 33.6 Å². The number of aromatic nitrogens is 2. The van der Waals surface area contributed by atoms with Crippen molar-refractivity contribution in [1.29, 1.82) is 0 Å². The lowest BCUT2D eigenvalue weighted by Crippen LogP contribution is -2.19. The molecule has 1 aliphatic rings. The van der Waals surface area contributed by atoms with E-state index in [4.69, 9.17) is 10.5 Å². The number of hydrogen-bond donors (Lipinski definition) is 2. The van der Waals surface area contributed by atoms with E-state index in [2.05, 4.69) is 39.1 Å². The average molecular weight is 414 g/mol. The number of nitrogen functional groups attached to an aromatic ring is 1. The Morgan fingerprint density at radius 2 is 2.06 bits per heavy atom. The Morgan fingerprint density at radius 1 is 1.23 bits per heavy atom. The number of rotatable bonds is 7. The van der Waals surface area contributed by atoms with Gasteiger partial charge in [0.15, 0.2) is 0 Å². The van der Waals surface area contributed by atoms with Gasteiger partial charge in [-0.3, -0.25) is 9.80 Å². The van der Waals surface area contributed by atoms with Crippen molar-refractivity contribution in [3.8, 4) is 11.6 Å². The Morgan fingerprint density at radius 3 is 2.87 bits per heavy atom. The molecule has 0 fully saturated rings. The lowest BCUT2D eigenvalue weighted by Gasteiger charge is -2.18. The average Bonchev–Trinajstić information content (AvgIpc) is 3.22. The van der Waals surface area contributed by atoms with Crippen LogP contribution in [0.1, 0.15) is 17.0 Å². The van der Waals surface area contributed by atoms with Crippen molar-refractivity contribution in [2.24, 2.45) is 5.10 Å². The summed E-state index contributed by atoms with van der Waals surface area (Å²) in [6.45, 7) is 4.79.